The summed E-state index contributed by atoms with van der Waals surface area (Å²) in [7, 11) is 1.79. The van der Waals surface area contributed by atoms with Crippen molar-refractivity contribution < 1.29 is 22.0 Å². The molecule has 0 radical (unpaired) electrons. The van der Waals surface area contributed by atoms with Gasteiger partial charge in [0, 0.05) is 49.6 Å². The van der Waals surface area contributed by atoms with Gasteiger partial charge in [0.05, 0.1) is 11.9 Å². The number of rotatable bonds is 4. The summed E-state index contributed by atoms with van der Waals surface area (Å²) in [4.78, 5) is 4.42. The zero-order valence-corrected chi connectivity index (χ0v) is 19.3. The van der Waals surface area contributed by atoms with E-state index in [0.717, 1.165) is 39.9 Å². The maximum Gasteiger partial charge on any atom is 0.461 e. The second-order valence-corrected chi connectivity index (χ2v) is 9.60. The maximum absolute atomic E-state index is 14.3. The number of halogens is 5. The molecule has 0 atom stereocenters. The summed E-state index contributed by atoms with van der Waals surface area (Å²) in [5.41, 5.74) is 2.52. The Morgan fingerprint density at radius 2 is 1.83 bits per heavy atom. The topological polar surface area (TPSA) is 78.4 Å². The molecule has 1 saturated carbocycles. The Kier molecular flexibility index (Phi) is 4.64. The van der Waals surface area contributed by atoms with Crippen molar-refractivity contribution in [3.8, 4) is 22.6 Å². The van der Waals surface area contributed by atoms with Gasteiger partial charge in [-0.3, -0.25) is 4.68 Å². The molecule has 1 aliphatic carbocycles. The van der Waals surface area contributed by atoms with Gasteiger partial charge in [-0.25, -0.2) is 4.98 Å². The first kappa shape index (κ1) is 22.7. The molecule has 5 heterocycles. The quantitative estimate of drug-likeness (QED) is 0.394. The number of hydrogen-bond donors (Lipinski definition) is 1. The largest absolute Gasteiger partial charge is 0.461 e. The fourth-order valence-corrected chi connectivity index (χ4v) is 4.75. The first-order valence-electron chi connectivity index (χ1n) is 11.3. The van der Waals surface area contributed by atoms with E-state index in [1.165, 1.54) is 0 Å². The zero-order valence-electron chi connectivity index (χ0n) is 19.3. The van der Waals surface area contributed by atoms with Crippen LogP contribution in [0, 0.1) is 12.3 Å². The molecule has 1 aliphatic heterocycles. The monoisotopic (exact) mass is 504 g/mol. The van der Waals surface area contributed by atoms with Crippen LogP contribution < -0.4 is 5.32 Å². The lowest BCUT2D eigenvalue weighted by Gasteiger charge is -2.21. The van der Waals surface area contributed by atoms with E-state index in [-0.39, 0.29) is 12.4 Å². The molecule has 0 unspecified atom stereocenters. The molecule has 1 N–H and O–H groups in total. The Hall–Kier alpha value is -3.77. The van der Waals surface area contributed by atoms with Crippen molar-refractivity contribution in [3.63, 3.8) is 0 Å². The van der Waals surface area contributed by atoms with E-state index in [1.54, 1.807) is 36.3 Å². The molecular formula is C23H21F5N8. The van der Waals surface area contributed by atoms with Crippen LogP contribution in [0.5, 0.6) is 0 Å². The summed E-state index contributed by atoms with van der Waals surface area (Å²) in [5.74, 6) is -5.15. The van der Waals surface area contributed by atoms with Crippen molar-refractivity contribution in [3.05, 3.63) is 48.2 Å². The molecule has 0 amide bonds. The Morgan fingerprint density at radius 1 is 1.06 bits per heavy atom. The Morgan fingerprint density at radius 3 is 2.50 bits per heavy atom. The summed E-state index contributed by atoms with van der Waals surface area (Å²) in [6.07, 6.45) is 0.936. The third-order valence-electron chi connectivity index (χ3n) is 6.96. The number of nitrogens with one attached hydrogen (secondary N) is 1. The first-order valence-corrected chi connectivity index (χ1v) is 11.3. The van der Waals surface area contributed by atoms with E-state index in [2.05, 4.69) is 25.6 Å². The van der Waals surface area contributed by atoms with E-state index in [9.17, 15) is 22.0 Å². The highest BCUT2D eigenvalue weighted by Crippen LogP contribution is 2.53. The van der Waals surface area contributed by atoms with Crippen molar-refractivity contribution in [2.45, 2.75) is 45.0 Å². The average molecular weight is 504 g/mol. The number of pyridine rings is 1. The third-order valence-corrected chi connectivity index (χ3v) is 6.96. The Balaban J connectivity index is 1.44. The van der Waals surface area contributed by atoms with Crippen molar-refractivity contribution in [1.82, 2.24) is 34.1 Å². The molecular weight excluding hydrogens is 483 g/mol. The van der Waals surface area contributed by atoms with Crippen LogP contribution >= 0.6 is 0 Å². The molecule has 0 bridgehead atoms. The molecule has 2 aliphatic rings. The van der Waals surface area contributed by atoms with Gasteiger partial charge in [-0.1, -0.05) is 0 Å². The minimum Gasteiger partial charge on any atom is -0.344 e. The van der Waals surface area contributed by atoms with Gasteiger partial charge in [-0.15, -0.1) is 10.2 Å². The van der Waals surface area contributed by atoms with Gasteiger partial charge >= 0.3 is 12.1 Å². The van der Waals surface area contributed by atoms with Crippen LogP contribution in [0.1, 0.15) is 24.2 Å². The van der Waals surface area contributed by atoms with E-state index < -0.39 is 23.3 Å². The molecule has 1 fully saturated rings. The van der Waals surface area contributed by atoms with Gasteiger partial charge in [-0.05, 0) is 43.0 Å². The summed E-state index contributed by atoms with van der Waals surface area (Å²) in [5, 5.41) is 14.5. The van der Waals surface area contributed by atoms with Crippen LogP contribution in [0.2, 0.25) is 0 Å². The van der Waals surface area contributed by atoms with Gasteiger partial charge in [-0.2, -0.15) is 27.1 Å². The molecule has 6 rings (SSSR count). The third kappa shape index (κ3) is 3.47. The van der Waals surface area contributed by atoms with Crippen LogP contribution in [0.25, 0.3) is 22.6 Å². The maximum atomic E-state index is 14.3. The standard InChI is InChI=1S/C23H21F5N8/c1-13-9-29-17(31-18-3-6-30-34(18)2)8-15(13)14-7-16-19-32-33-20(22(24,25)23(26,27)28)36(19)12-21(4-5-21)11-35(16)10-14/h3,6-10H,4-5,11-12H2,1-2H3,(H,29,31). The van der Waals surface area contributed by atoms with Gasteiger partial charge in [0.1, 0.15) is 11.6 Å². The van der Waals surface area contributed by atoms with Crippen LogP contribution in [0.4, 0.5) is 33.6 Å². The van der Waals surface area contributed by atoms with Crippen molar-refractivity contribution >= 4 is 11.6 Å². The number of hydrogen-bond acceptors (Lipinski definition) is 5. The van der Waals surface area contributed by atoms with Gasteiger partial charge < -0.3 is 14.5 Å². The summed E-state index contributed by atoms with van der Waals surface area (Å²) < 4.78 is 72.8. The second kappa shape index (κ2) is 7.37. The zero-order chi connectivity index (χ0) is 25.5. The van der Waals surface area contributed by atoms with E-state index in [1.807, 2.05) is 23.8 Å². The molecule has 0 saturated heterocycles. The second-order valence-electron chi connectivity index (χ2n) is 9.60. The van der Waals surface area contributed by atoms with Crippen molar-refractivity contribution in [2.24, 2.45) is 12.5 Å². The highest BCUT2D eigenvalue weighted by Gasteiger charge is 2.63. The fraction of sp³-hybridized carbons (Fsp3) is 0.391. The van der Waals surface area contributed by atoms with E-state index in [4.69, 9.17) is 0 Å². The molecule has 1 spiro atoms. The minimum atomic E-state index is -5.77. The van der Waals surface area contributed by atoms with Crippen LogP contribution in [0.15, 0.2) is 36.8 Å². The highest BCUT2D eigenvalue weighted by molar-refractivity contribution is 5.75. The van der Waals surface area contributed by atoms with Crippen molar-refractivity contribution in [2.75, 3.05) is 5.32 Å². The molecule has 13 heteroatoms. The van der Waals surface area contributed by atoms with Crippen molar-refractivity contribution in [1.29, 1.82) is 0 Å². The molecule has 0 aromatic carbocycles. The Bertz CT molecular complexity index is 1470. The average Bonchev–Trinajstić information content (AvgIpc) is 3.09. The lowest BCUT2D eigenvalue weighted by atomic mass is 10.0. The van der Waals surface area contributed by atoms with Gasteiger partial charge in [0.25, 0.3) is 0 Å². The number of aromatic nitrogens is 7. The van der Waals surface area contributed by atoms with Gasteiger partial charge in [0.15, 0.2) is 5.82 Å². The molecule has 4 aromatic rings. The predicted octanol–water partition coefficient (Wildman–Crippen LogP) is 5.04. The fourth-order valence-electron chi connectivity index (χ4n) is 4.75. The SMILES string of the molecule is Cc1cnc(Nc2ccnn2C)cc1-c1cc2n(c1)CC1(CC1)Cn1c-2nnc1C(F)(F)C(F)(F)F. The number of anilines is 2. The summed E-state index contributed by atoms with van der Waals surface area (Å²) >= 11 is 0. The van der Waals surface area contributed by atoms with E-state index >= 15 is 0 Å². The van der Waals surface area contributed by atoms with E-state index in [0.29, 0.717) is 18.1 Å². The van der Waals surface area contributed by atoms with Crippen LogP contribution in [-0.2, 0) is 26.1 Å². The van der Waals surface area contributed by atoms with Gasteiger partial charge in [0.2, 0.25) is 5.82 Å². The molecule has 4 aromatic heterocycles. The van der Waals surface area contributed by atoms with Crippen LogP contribution in [0.3, 0.4) is 0 Å². The lowest BCUT2D eigenvalue weighted by Crippen LogP contribution is -2.37. The normalized spacial score (nSPS) is 16.5. The summed E-state index contributed by atoms with van der Waals surface area (Å²) in [6, 6.07) is 5.42. The predicted molar refractivity (Wildman–Crippen MR) is 120 cm³/mol. The number of nitrogens with zero attached hydrogens (tertiary/aromatic N) is 7. The first-order chi connectivity index (χ1) is 17.0. The molecule has 188 valence electrons. The smallest absolute Gasteiger partial charge is 0.344 e. The molecule has 36 heavy (non-hydrogen) atoms. The van der Waals surface area contributed by atoms with Crippen LogP contribution in [-0.4, -0.2) is 40.3 Å². The lowest BCUT2D eigenvalue weighted by molar-refractivity contribution is -0.293. The number of fused-ring (bicyclic) bond motifs is 3. The highest BCUT2D eigenvalue weighted by atomic mass is 19.4. The number of alkyl halides is 5. The molecule has 8 nitrogen and oxygen atoms in total. The minimum absolute atomic E-state index is 0.00360. The number of aryl methyl sites for hydroxylation is 2. The summed E-state index contributed by atoms with van der Waals surface area (Å²) in [6.45, 7) is 2.40. The Labute approximate surface area is 201 Å².